The van der Waals surface area contributed by atoms with Gasteiger partial charge in [-0.2, -0.15) is 0 Å². The molecule has 0 unspecified atom stereocenters. The van der Waals surface area contributed by atoms with Gasteiger partial charge in [-0.25, -0.2) is 0 Å². The lowest BCUT2D eigenvalue weighted by Crippen LogP contribution is -2.42. The summed E-state index contributed by atoms with van der Waals surface area (Å²) in [5.41, 5.74) is -0.0445. The van der Waals surface area contributed by atoms with E-state index in [2.05, 4.69) is 10.1 Å². The van der Waals surface area contributed by atoms with Crippen molar-refractivity contribution in [2.24, 2.45) is 5.92 Å². The summed E-state index contributed by atoms with van der Waals surface area (Å²) in [7, 11) is 1.39. The van der Waals surface area contributed by atoms with Gasteiger partial charge in [0.1, 0.15) is 5.71 Å². The Labute approximate surface area is 107 Å². The van der Waals surface area contributed by atoms with Crippen LogP contribution in [-0.2, 0) is 14.3 Å². The topological polar surface area (TPSA) is 79.2 Å². The Kier molecular flexibility index (Phi) is 4.91. The maximum absolute atomic E-state index is 11.1. The van der Waals surface area contributed by atoms with E-state index in [0.717, 1.165) is 12.8 Å². The predicted octanol–water partition coefficient (Wildman–Crippen LogP) is 1.02. The van der Waals surface area contributed by atoms with Gasteiger partial charge in [-0.1, -0.05) is 0 Å². The van der Waals surface area contributed by atoms with Crippen LogP contribution in [0.25, 0.3) is 0 Å². The number of hydrogen-bond donors (Lipinski definition) is 2. The van der Waals surface area contributed by atoms with E-state index < -0.39 is 0 Å². The minimum absolute atomic E-state index is 0.0147. The molecule has 5 nitrogen and oxygen atoms in total. The van der Waals surface area contributed by atoms with E-state index in [1.807, 2.05) is 22.6 Å². The van der Waals surface area contributed by atoms with Crippen LogP contribution in [0.2, 0.25) is 0 Å². The van der Waals surface area contributed by atoms with Gasteiger partial charge in [-0.3, -0.25) is 15.0 Å². The highest BCUT2D eigenvalue weighted by Crippen LogP contribution is 2.28. The standard InChI is InChI=1S/C10H13IN2O3/c1-16-10(15)6-2-7(3-6)13-4-8(11)9(12)5-14/h4-7,12-13H,2-3H2,1H3/b8-4+,12-9?. The van der Waals surface area contributed by atoms with Crippen LogP contribution in [0.5, 0.6) is 0 Å². The molecule has 0 aromatic heterocycles. The van der Waals surface area contributed by atoms with Crippen molar-refractivity contribution in [1.82, 2.24) is 5.32 Å². The summed E-state index contributed by atoms with van der Waals surface area (Å²) < 4.78 is 5.18. The molecule has 0 radical (unpaired) electrons. The highest BCUT2D eigenvalue weighted by Gasteiger charge is 2.34. The number of carbonyl (C=O) groups is 2. The highest BCUT2D eigenvalue weighted by atomic mass is 127. The van der Waals surface area contributed by atoms with E-state index in [4.69, 9.17) is 5.41 Å². The first-order valence-corrected chi connectivity index (χ1v) is 5.90. The molecular formula is C10H13IN2O3. The Balaban J connectivity index is 2.30. The van der Waals surface area contributed by atoms with Crippen molar-refractivity contribution in [1.29, 1.82) is 5.41 Å². The van der Waals surface area contributed by atoms with Crippen molar-refractivity contribution < 1.29 is 14.3 Å². The molecule has 0 atom stereocenters. The quantitative estimate of drug-likeness (QED) is 0.340. The predicted molar refractivity (Wildman–Crippen MR) is 67.6 cm³/mol. The molecule has 0 aromatic carbocycles. The maximum atomic E-state index is 11.1. The van der Waals surface area contributed by atoms with E-state index in [1.54, 1.807) is 6.20 Å². The number of nitrogens with one attached hydrogen (secondary N) is 2. The first-order chi connectivity index (χ1) is 7.58. The molecule has 6 heteroatoms. The van der Waals surface area contributed by atoms with Crippen LogP contribution in [0, 0.1) is 11.3 Å². The lowest BCUT2D eigenvalue weighted by Gasteiger charge is -2.33. The Morgan fingerprint density at radius 1 is 1.56 bits per heavy atom. The smallest absolute Gasteiger partial charge is 0.308 e. The number of halogens is 1. The molecule has 0 aromatic rings. The maximum Gasteiger partial charge on any atom is 0.308 e. The van der Waals surface area contributed by atoms with Crippen molar-refractivity contribution in [3.8, 4) is 0 Å². The van der Waals surface area contributed by atoms with Gasteiger partial charge in [0.15, 0.2) is 6.29 Å². The molecule has 1 fully saturated rings. The second-order valence-electron chi connectivity index (χ2n) is 3.58. The third-order valence-electron chi connectivity index (χ3n) is 2.49. The molecule has 88 valence electrons. The zero-order chi connectivity index (χ0) is 12.1. The summed E-state index contributed by atoms with van der Waals surface area (Å²) in [5, 5.41) is 10.3. The molecule has 0 spiro atoms. The zero-order valence-electron chi connectivity index (χ0n) is 8.83. The van der Waals surface area contributed by atoms with Gasteiger partial charge in [0.25, 0.3) is 0 Å². The summed E-state index contributed by atoms with van der Waals surface area (Å²) >= 11 is 1.92. The summed E-state index contributed by atoms with van der Waals surface area (Å²) in [5.74, 6) is -0.184. The number of carbonyl (C=O) groups excluding carboxylic acids is 2. The highest BCUT2D eigenvalue weighted by molar-refractivity contribution is 14.1. The molecule has 1 aliphatic rings. The number of hydrogen-bond acceptors (Lipinski definition) is 5. The average Bonchev–Trinajstić information content (AvgIpc) is 2.24. The second kappa shape index (κ2) is 5.97. The van der Waals surface area contributed by atoms with Crippen LogP contribution in [0.3, 0.4) is 0 Å². The molecule has 0 amide bonds. The molecular weight excluding hydrogens is 323 g/mol. The van der Waals surface area contributed by atoms with Crippen LogP contribution >= 0.6 is 22.6 Å². The molecule has 0 heterocycles. The summed E-state index contributed by atoms with van der Waals surface area (Å²) in [6.07, 6.45) is 3.61. The van der Waals surface area contributed by atoms with Crippen LogP contribution in [0.4, 0.5) is 0 Å². The second-order valence-corrected chi connectivity index (χ2v) is 4.74. The fourth-order valence-corrected chi connectivity index (χ4v) is 1.75. The SMILES string of the molecule is COC(=O)C1CC(N/C=C(/I)C(=N)C=O)C1. The van der Waals surface area contributed by atoms with Crippen molar-refractivity contribution >= 4 is 40.6 Å². The number of allylic oxidation sites excluding steroid dienone is 1. The van der Waals surface area contributed by atoms with Gasteiger partial charge in [0.05, 0.1) is 16.6 Å². The number of ether oxygens (including phenoxy) is 1. The Bertz CT molecular complexity index is 335. The zero-order valence-corrected chi connectivity index (χ0v) is 11.0. The summed E-state index contributed by atoms with van der Waals surface area (Å²) in [4.78, 5) is 21.4. The summed E-state index contributed by atoms with van der Waals surface area (Å²) in [6.45, 7) is 0. The van der Waals surface area contributed by atoms with Crippen LogP contribution < -0.4 is 5.32 Å². The van der Waals surface area contributed by atoms with E-state index >= 15 is 0 Å². The largest absolute Gasteiger partial charge is 0.469 e. The lowest BCUT2D eigenvalue weighted by atomic mass is 9.80. The van der Waals surface area contributed by atoms with Gasteiger partial charge in [0.2, 0.25) is 0 Å². The van der Waals surface area contributed by atoms with Crippen molar-refractivity contribution in [2.45, 2.75) is 18.9 Å². The molecule has 1 rings (SSSR count). The van der Waals surface area contributed by atoms with Crippen LogP contribution in [-0.4, -0.2) is 31.1 Å². The number of aldehydes is 1. The first-order valence-electron chi connectivity index (χ1n) is 4.82. The molecule has 1 saturated carbocycles. The third kappa shape index (κ3) is 3.29. The summed E-state index contributed by atoms with van der Waals surface area (Å²) in [6, 6.07) is 0.230. The molecule has 1 aliphatic carbocycles. The molecule has 0 aliphatic heterocycles. The number of esters is 1. The van der Waals surface area contributed by atoms with Crippen molar-refractivity contribution in [2.75, 3.05) is 7.11 Å². The monoisotopic (exact) mass is 336 g/mol. The fraction of sp³-hybridized carbons (Fsp3) is 0.500. The first kappa shape index (κ1) is 13.1. The Hall–Kier alpha value is -0.920. The average molecular weight is 336 g/mol. The van der Waals surface area contributed by atoms with E-state index in [9.17, 15) is 9.59 Å². The minimum atomic E-state index is -0.169. The van der Waals surface area contributed by atoms with E-state index in [-0.39, 0.29) is 23.6 Å². The number of rotatable bonds is 5. The van der Waals surface area contributed by atoms with E-state index in [0.29, 0.717) is 9.87 Å². The van der Waals surface area contributed by atoms with Crippen LogP contribution in [0.1, 0.15) is 12.8 Å². The van der Waals surface area contributed by atoms with Gasteiger partial charge in [0, 0.05) is 12.2 Å². The normalized spacial score (nSPS) is 24.2. The van der Waals surface area contributed by atoms with E-state index in [1.165, 1.54) is 7.11 Å². The molecule has 0 bridgehead atoms. The van der Waals surface area contributed by atoms with Gasteiger partial charge < -0.3 is 10.1 Å². The van der Waals surface area contributed by atoms with Gasteiger partial charge in [-0.15, -0.1) is 0 Å². The molecule has 16 heavy (non-hydrogen) atoms. The van der Waals surface area contributed by atoms with Crippen molar-refractivity contribution in [3.63, 3.8) is 0 Å². The third-order valence-corrected chi connectivity index (χ3v) is 3.39. The molecule has 2 N–H and O–H groups in total. The van der Waals surface area contributed by atoms with Gasteiger partial charge in [-0.05, 0) is 35.4 Å². The fourth-order valence-electron chi connectivity index (χ4n) is 1.44. The molecule has 0 saturated heterocycles. The minimum Gasteiger partial charge on any atom is -0.469 e. The Morgan fingerprint density at radius 3 is 2.69 bits per heavy atom. The van der Waals surface area contributed by atoms with Crippen molar-refractivity contribution in [3.05, 3.63) is 9.78 Å². The van der Waals surface area contributed by atoms with Crippen LogP contribution in [0.15, 0.2) is 9.78 Å². The van der Waals surface area contributed by atoms with Gasteiger partial charge >= 0.3 is 5.97 Å². The Morgan fingerprint density at radius 2 is 2.19 bits per heavy atom. The lowest BCUT2D eigenvalue weighted by molar-refractivity contribution is -0.149. The number of methoxy groups -OCH3 is 1.